The number of sulfonamides is 1. The number of rotatable bonds is 7. The summed E-state index contributed by atoms with van der Waals surface area (Å²) in [4.78, 5) is 36.5. The molecule has 1 aliphatic rings. The van der Waals surface area contributed by atoms with Crippen molar-refractivity contribution < 1.29 is 17.9 Å². The fraction of sp³-hybridized carbons (Fsp3) is 0.417. The number of nitrogens with one attached hydrogen (secondary N) is 1. The molecule has 3 heterocycles. The predicted octanol–water partition coefficient (Wildman–Crippen LogP) is 6.28. The maximum Gasteiger partial charge on any atom is 0.264 e. The number of aromatic nitrogens is 4. The number of amides is 1. The molecule has 0 aliphatic carbocycles. The molecule has 0 unspecified atom stereocenters. The number of hydrogen-bond acceptors (Lipinski definition) is 9. The molecule has 0 saturated heterocycles. The van der Waals surface area contributed by atoms with Gasteiger partial charge in [0.15, 0.2) is 0 Å². The Hall–Kier alpha value is -4.58. The summed E-state index contributed by atoms with van der Waals surface area (Å²) in [5.41, 5.74) is 4.21. The Bertz CT molecular complexity index is 1890. The fourth-order valence-corrected chi connectivity index (χ4v) is 7.02. The van der Waals surface area contributed by atoms with E-state index in [1.807, 2.05) is 39.1 Å². The van der Waals surface area contributed by atoms with Gasteiger partial charge in [0.05, 0.1) is 41.3 Å². The zero-order valence-corrected chi connectivity index (χ0v) is 29.8. The number of carbonyl (C=O) groups is 1. The van der Waals surface area contributed by atoms with Gasteiger partial charge in [-0.3, -0.25) is 9.78 Å². The van der Waals surface area contributed by atoms with E-state index in [2.05, 4.69) is 59.2 Å². The lowest BCUT2D eigenvalue weighted by Gasteiger charge is -2.33. The summed E-state index contributed by atoms with van der Waals surface area (Å²) in [5, 5.41) is 0. The van der Waals surface area contributed by atoms with Crippen molar-refractivity contribution in [2.45, 2.75) is 72.4 Å². The van der Waals surface area contributed by atoms with E-state index in [9.17, 15) is 13.2 Å². The third-order valence-electron chi connectivity index (χ3n) is 8.03. The minimum absolute atomic E-state index is 0.0384. The molecule has 0 radical (unpaired) electrons. The Morgan fingerprint density at radius 2 is 1.73 bits per heavy atom. The van der Waals surface area contributed by atoms with Crippen molar-refractivity contribution in [3.63, 3.8) is 0 Å². The quantitative estimate of drug-likeness (QED) is 0.241. The monoisotopic (exact) mass is 671 g/mol. The van der Waals surface area contributed by atoms with Crippen LogP contribution in [-0.4, -0.2) is 65.4 Å². The Kier molecular flexibility index (Phi) is 10.0. The molecule has 0 spiro atoms. The molecule has 1 aliphatic heterocycles. The first-order chi connectivity index (χ1) is 22.6. The van der Waals surface area contributed by atoms with Crippen LogP contribution in [0.1, 0.15) is 68.2 Å². The Labute approximate surface area is 283 Å². The average Bonchev–Trinajstić information content (AvgIpc) is 3.00. The van der Waals surface area contributed by atoms with Crippen molar-refractivity contribution in [1.82, 2.24) is 24.8 Å². The van der Waals surface area contributed by atoms with Gasteiger partial charge in [0.1, 0.15) is 12.4 Å². The van der Waals surface area contributed by atoms with Crippen LogP contribution in [0, 0.1) is 25.2 Å². The van der Waals surface area contributed by atoms with Crippen molar-refractivity contribution in [2.24, 2.45) is 11.3 Å². The van der Waals surface area contributed by atoms with Crippen LogP contribution in [0.4, 0.5) is 11.8 Å². The molecule has 4 aromatic rings. The van der Waals surface area contributed by atoms with Gasteiger partial charge in [-0.15, -0.1) is 0 Å². The highest BCUT2D eigenvalue weighted by Gasteiger charge is 2.30. The van der Waals surface area contributed by atoms with E-state index < -0.39 is 16.1 Å². The van der Waals surface area contributed by atoms with Gasteiger partial charge in [-0.05, 0) is 60.9 Å². The van der Waals surface area contributed by atoms with E-state index in [1.54, 1.807) is 35.5 Å². The number of fused-ring (bicyclic) bond motifs is 4. The van der Waals surface area contributed by atoms with Crippen LogP contribution in [0.15, 0.2) is 65.8 Å². The van der Waals surface area contributed by atoms with E-state index in [-0.39, 0.29) is 52.7 Å². The number of carbonyl (C=O) groups excluding carboxylic acids is 1. The summed E-state index contributed by atoms with van der Waals surface area (Å²) in [6, 6.07) is 13.2. The Morgan fingerprint density at radius 3 is 2.42 bits per heavy atom. The average molecular weight is 672 g/mol. The number of hydrogen-bond donors (Lipinski definition) is 1. The van der Waals surface area contributed by atoms with Crippen molar-refractivity contribution in [3.05, 3.63) is 83.3 Å². The number of ether oxygens (including phenoxy) is 1. The van der Waals surface area contributed by atoms with Gasteiger partial charge in [0.2, 0.25) is 11.8 Å². The minimum Gasteiger partial charge on any atom is -0.475 e. The van der Waals surface area contributed by atoms with Crippen LogP contribution in [0.2, 0.25) is 0 Å². The summed E-state index contributed by atoms with van der Waals surface area (Å²) in [6.45, 7) is 15.6. The van der Waals surface area contributed by atoms with Gasteiger partial charge in [-0.2, -0.15) is 4.98 Å². The van der Waals surface area contributed by atoms with Crippen molar-refractivity contribution in [2.75, 3.05) is 29.8 Å². The van der Waals surface area contributed by atoms with Crippen LogP contribution in [0.3, 0.4) is 0 Å². The molecule has 2 aromatic heterocycles. The smallest absolute Gasteiger partial charge is 0.264 e. The zero-order chi connectivity index (χ0) is 34.8. The van der Waals surface area contributed by atoms with Crippen molar-refractivity contribution in [1.29, 1.82) is 0 Å². The van der Waals surface area contributed by atoms with E-state index in [4.69, 9.17) is 9.72 Å². The molecular weight excluding hydrogens is 627 g/mol. The van der Waals surface area contributed by atoms with Crippen LogP contribution in [0.5, 0.6) is 5.88 Å². The Morgan fingerprint density at radius 1 is 1.02 bits per heavy atom. The maximum absolute atomic E-state index is 14.4. The molecule has 1 atom stereocenters. The molecule has 1 amide bonds. The lowest BCUT2D eigenvalue weighted by atomic mass is 9.96. The second-order valence-corrected chi connectivity index (χ2v) is 15.8. The second-order valence-electron chi connectivity index (χ2n) is 14.1. The van der Waals surface area contributed by atoms with Crippen LogP contribution in [0.25, 0.3) is 11.3 Å². The first-order valence-corrected chi connectivity index (χ1v) is 17.6. The van der Waals surface area contributed by atoms with E-state index in [0.717, 1.165) is 23.2 Å². The molecule has 4 bridgehead atoms. The second kappa shape index (κ2) is 13.9. The number of aryl methyl sites for hydroxylation is 2. The van der Waals surface area contributed by atoms with Crippen LogP contribution in [-0.2, 0) is 16.6 Å². The lowest BCUT2D eigenvalue weighted by molar-refractivity contribution is 0.0549. The highest BCUT2D eigenvalue weighted by molar-refractivity contribution is 7.92. The molecule has 12 heteroatoms. The molecule has 2 aromatic carbocycles. The lowest BCUT2D eigenvalue weighted by Crippen LogP contribution is -2.44. The molecular formula is C36H45N7O4S. The molecule has 11 nitrogen and oxygen atoms in total. The number of benzene rings is 2. The molecule has 0 fully saturated rings. The van der Waals surface area contributed by atoms with Crippen LogP contribution >= 0.6 is 0 Å². The molecule has 1 N–H and O–H groups in total. The van der Waals surface area contributed by atoms with Gasteiger partial charge >= 0.3 is 0 Å². The third-order valence-corrected chi connectivity index (χ3v) is 9.36. The standard InChI is InChI=1S/C36H45N7O4S/c1-23(2)15-28-21-47-32-17-30(33-24(3)11-9-12-25(33)4)39-35(40-32)41-48(45,46)29-14-10-13-26(16-29)34(44)43(28)20-27-18-37-19-31(38-27)42(8)22-36(5,6)7/h9-14,16-19,23,28H,15,20-22H2,1-8H3,(H,39,40,41)/t28-/m1/s1. The molecule has 0 saturated carbocycles. The van der Waals surface area contributed by atoms with Crippen LogP contribution < -0.4 is 14.4 Å². The Balaban J connectivity index is 1.62. The minimum atomic E-state index is -4.17. The van der Waals surface area contributed by atoms with Gasteiger partial charge in [0.25, 0.3) is 15.9 Å². The highest BCUT2D eigenvalue weighted by Crippen LogP contribution is 2.31. The van der Waals surface area contributed by atoms with E-state index >= 15 is 0 Å². The molecule has 5 rings (SSSR count). The first kappa shape index (κ1) is 34.7. The van der Waals surface area contributed by atoms with Gasteiger partial charge in [0, 0.05) is 30.8 Å². The first-order valence-electron chi connectivity index (χ1n) is 16.1. The van der Waals surface area contributed by atoms with Crippen molar-refractivity contribution in [3.8, 4) is 17.1 Å². The number of nitrogens with zero attached hydrogens (tertiary/aromatic N) is 6. The normalized spacial score (nSPS) is 16.3. The third kappa shape index (κ3) is 8.28. The summed E-state index contributed by atoms with van der Waals surface area (Å²) in [6.07, 6.45) is 3.99. The molecule has 254 valence electrons. The maximum atomic E-state index is 14.4. The predicted molar refractivity (Wildman–Crippen MR) is 188 cm³/mol. The van der Waals surface area contributed by atoms with Crippen molar-refractivity contribution >= 4 is 27.7 Å². The van der Waals surface area contributed by atoms with Gasteiger partial charge in [-0.1, -0.05) is 58.9 Å². The molecule has 48 heavy (non-hydrogen) atoms. The summed E-state index contributed by atoms with van der Waals surface area (Å²) >= 11 is 0. The zero-order valence-electron chi connectivity index (χ0n) is 29.0. The van der Waals surface area contributed by atoms with Gasteiger partial charge in [-0.25, -0.2) is 23.1 Å². The SMILES string of the molecule is Cc1cccc(C)c1-c1cc2nc(n1)NS(=O)(=O)c1cccc(c1)C(=O)N(Cc1cncc(N(C)CC(C)(C)C)n1)[C@H](CC(C)C)CO2. The highest BCUT2D eigenvalue weighted by atomic mass is 32.2. The summed E-state index contributed by atoms with van der Waals surface area (Å²) in [7, 11) is -2.20. The van der Waals surface area contributed by atoms with E-state index in [0.29, 0.717) is 23.6 Å². The summed E-state index contributed by atoms with van der Waals surface area (Å²) in [5.74, 6) is 0.635. The summed E-state index contributed by atoms with van der Waals surface area (Å²) < 4.78 is 36.2. The number of anilines is 2. The topological polar surface area (TPSA) is 131 Å². The van der Waals surface area contributed by atoms with Gasteiger partial charge < -0.3 is 14.5 Å². The fourth-order valence-electron chi connectivity index (χ4n) is 6.03. The largest absolute Gasteiger partial charge is 0.475 e. The van der Waals surface area contributed by atoms with E-state index in [1.165, 1.54) is 12.1 Å².